The SMILES string of the molecule is CC/C=C/C=C/C=C/CCCCCCCCCC(=O)NC(COP(=O)(O)OCC[N+](C)(C)C)C(/C=C/CCCCCCCCCCCCC)OC(=O)CCCCCCCCCCC/C=C/CCCCCCCC. The number of phosphoric acid groups is 1. The molecule has 0 spiro atoms. The molecular formula is C63H118N2O7P+. The lowest BCUT2D eigenvalue weighted by Crippen LogP contribution is -2.47. The zero-order valence-electron chi connectivity index (χ0n) is 48.6. The second kappa shape index (κ2) is 53.1. The molecule has 0 bridgehead atoms. The first-order valence-corrected chi connectivity index (χ1v) is 32.1. The Bertz CT molecular complexity index is 1440. The number of amides is 1. The van der Waals surface area contributed by atoms with E-state index >= 15 is 0 Å². The maximum Gasteiger partial charge on any atom is 0.472 e. The van der Waals surface area contributed by atoms with E-state index in [1.165, 1.54) is 167 Å². The highest BCUT2D eigenvalue weighted by Crippen LogP contribution is 2.43. The number of rotatable bonds is 55. The van der Waals surface area contributed by atoms with Gasteiger partial charge in [-0.25, -0.2) is 4.57 Å². The highest BCUT2D eigenvalue weighted by atomic mass is 31.2. The van der Waals surface area contributed by atoms with Crippen molar-refractivity contribution in [3.63, 3.8) is 0 Å². The van der Waals surface area contributed by atoms with Crippen LogP contribution in [0.4, 0.5) is 0 Å². The van der Waals surface area contributed by atoms with Gasteiger partial charge in [-0.3, -0.25) is 18.6 Å². The molecule has 0 aromatic rings. The standard InChI is InChI=1S/C63H117N2O7P/c1-7-10-13-16-19-22-25-28-30-31-32-33-35-38-41-44-47-50-53-56-63(67)72-61(54-51-48-45-42-39-36-27-24-21-18-15-12-9-3)60(59-71-73(68,69)70-58-57-65(4,5)6)64-62(66)55-52-49-46-43-40-37-34-29-26-23-20-17-14-11-8-2/h11,14,17,20,23,26,28,30,51,54,60-61H,7-10,12-13,15-16,18-19,21-22,24-25,27,29,31-50,52-53,55-59H2,1-6H3,(H-,64,66,68,69)/p+1/b14-11+,20-17+,26-23+,30-28+,54-51+. The number of allylic oxidation sites excluding steroid dienone is 9. The monoisotopic (exact) mass is 1050 g/mol. The van der Waals surface area contributed by atoms with Gasteiger partial charge in [-0.2, -0.15) is 0 Å². The third-order valence-electron chi connectivity index (χ3n) is 13.5. The van der Waals surface area contributed by atoms with Crippen LogP contribution in [0, 0.1) is 0 Å². The summed E-state index contributed by atoms with van der Waals surface area (Å²) >= 11 is 0. The normalized spacial score (nSPS) is 14.1. The summed E-state index contributed by atoms with van der Waals surface area (Å²) in [6.45, 7) is 6.88. The van der Waals surface area contributed by atoms with E-state index in [0.717, 1.165) is 77.0 Å². The van der Waals surface area contributed by atoms with Gasteiger partial charge in [0.05, 0.1) is 33.8 Å². The van der Waals surface area contributed by atoms with Crippen LogP contribution in [0.2, 0.25) is 0 Å². The Kier molecular flexibility index (Phi) is 51.5. The van der Waals surface area contributed by atoms with Gasteiger partial charge in [0.25, 0.3) is 0 Å². The van der Waals surface area contributed by atoms with Crippen molar-refractivity contribution in [2.24, 2.45) is 0 Å². The lowest BCUT2D eigenvalue weighted by atomic mass is 10.0. The molecule has 9 nitrogen and oxygen atoms in total. The third kappa shape index (κ3) is 54.3. The van der Waals surface area contributed by atoms with E-state index in [4.69, 9.17) is 13.8 Å². The second-order valence-corrected chi connectivity index (χ2v) is 23.4. The number of nitrogens with zero attached hydrogens (tertiary/aromatic N) is 1. The maximum absolute atomic E-state index is 13.5. The van der Waals surface area contributed by atoms with Crippen LogP contribution < -0.4 is 5.32 Å². The van der Waals surface area contributed by atoms with Crippen LogP contribution in [0.5, 0.6) is 0 Å². The lowest BCUT2D eigenvalue weighted by Gasteiger charge is -2.27. The number of ether oxygens (including phenoxy) is 1. The van der Waals surface area contributed by atoms with Gasteiger partial charge in [0.15, 0.2) is 0 Å². The molecule has 0 aliphatic carbocycles. The number of phosphoric ester groups is 1. The molecule has 0 aromatic carbocycles. The number of likely N-dealkylation sites (N-methyl/N-ethyl adjacent to an activating group) is 1. The molecule has 73 heavy (non-hydrogen) atoms. The number of hydrogen-bond donors (Lipinski definition) is 2. The summed E-state index contributed by atoms with van der Waals surface area (Å²) in [5.41, 5.74) is 0. The number of carbonyl (C=O) groups excluding carboxylic acids is 2. The van der Waals surface area contributed by atoms with Crippen molar-refractivity contribution in [1.29, 1.82) is 0 Å². The summed E-state index contributed by atoms with van der Waals surface area (Å²) in [7, 11) is 1.49. The molecule has 0 radical (unpaired) electrons. The topological polar surface area (TPSA) is 111 Å². The number of quaternary nitrogens is 1. The van der Waals surface area contributed by atoms with Crippen LogP contribution in [0.25, 0.3) is 0 Å². The smallest absolute Gasteiger partial charge is 0.456 e. The minimum atomic E-state index is -4.45. The summed E-state index contributed by atoms with van der Waals surface area (Å²) < 4.78 is 30.7. The van der Waals surface area contributed by atoms with Crippen LogP contribution in [0.1, 0.15) is 278 Å². The third-order valence-corrected chi connectivity index (χ3v) is 14.5. The number of nitrogens with one attached hydrogen (secondary N) is 1. The predicted octanol–water partition coefficient (Wildman–Crippen LogP) is 18.7. The zero-order valence-corrected chi connectivity index (χ0v) is 49.5. The van der Waals surface area contributed by atoms with Crippen molar-refractivity contribution >= 4 is 19.7 Å². The molecule has 0 aliphatic rings. The van der Waals surface area contributed by atoms with Crippen LogP contribution in [0.15, 0.2) is 60.8 Å². The average molecular weight is 1050 g/mol. The van der Waals surface area contributed by atoms with Gasteiger partial charge in [-0.1, -0.05) is 249 Å². The van der Waals surface area contributed by atoms with Crippen LogP contribution >= 0.6 is 7.82 Å². The summed E-state index contributed by atoms with van der Waals surface area (Å²) in [5.74, 6) is -0.516. The summed E-state index contributed by atoms with van der Waals surface area (Å²) in [6, 6.07) is -0.856. The molecule has 0 fully saturated rings. The second-order valence-electron chi connectivity index (χ2n) is 21.9. The first kappa shape index (κ1) is 70.7. The maximum atomic E-state index is 13.5. The van der Waals surface area contributed by atoms with Crippen molar-refractivity contribution < 1.29 is 37.3 Å². The van der Waals surface area contributed by atoms with E-state index in [1.807, 2.05) is 33.3 Å². The summed E-state index contributed by atoms with van der Waals surface area (Å²) in [6.07, 6.45) is 66.4. The van der Waals surface area contributed by atoms with Gasteiger partial charge in [-0.15, -0.1) is 0 Å². The first-order chi connectivity index (χ1) is 35.4. The molecule has 1 amide bonds. The first-order valence-electron chi connectivity index (χ1n) is 30.6. The Labute approximate surface area is 451 Å². The molecule has 3 atom stereocenters. The number of esters is 1. The molecule has 0 heterocycles. The number of hydrogen-bond acceptors (Lipinski definition) is 6. The minimum Gasteiger partial charge on any atom is -0.456 e. The predicted molar refractivity (Wildman–Crippen MR) is 314 cm³/mol. The van der Waals surface area contributed by atoms with Crippen molar-refractivity contribution in [1.82, 2.24) is 5.32 Å². The van der Waals surface area contributed by atoms with E-state index in [1.54, 1.807) is 0 Å². The van der Waals surface area contributed by atoms with Gasteiger partial charge in [0.1, 0.15) is 19.3 Å². The molecule has 3 unspecified atom stereocenters. The van der Waals surface area contributed by atoms with Crippen molar-refractivity contribution in [2.45, 2.75) is 290 Å². The van der Waals surface area contributed by atoms with Crippen LogP contribution in [-0.4, -0.2) is 74.3 Å². The zero-order chi connectivity index (χ0) is 53.6. The molecular weight excluding hydrogens is 928 g/mol. The lowest BCUT2D eigenvalue weighted by molar-refractivity contribution is -0.870. The van der Waals surface area contributed by atoms with E-state index in [-0.39, 0.29) is 31.5 Å². The average Bonchev–Trinajstić information content (AvgIpc) is 3.35. The highest BCUT2D eigenvalue weighted by Gasteiger charge is 2.30. The van der Waals surface area contributed by atoms with Crippen molar-refractivity contribution in [3.8, 4) is 0 Å². The Morgan fingerprint density at radius 1 is 0.493 bits per heavy atom. The molecule has 10 heteroatoms. The van der Waals surface area contributed by atoms with E-state index in [2.05, 4.69) is 74.7 Å². The Hall–Kier alpha value is -2.29. The molecule has 0 aliphatic heterocycles. The molecule has 0 rings (SSSR count). The highest BCUT2D eigenvalue weighted by molar-refractivity contribution is 7.47. The van der Waals surface area contributed by atoms with Gasteiger partial charge < -0.3 is 19.4 Å². The quantitative estimate of drug-likeness (QED) is 0.0156. The van der Waals surface area contributed by atoms with Gasteiger partial charge >= 0.3 is 13.8 Å². The number of unbranched alkanes of at least 4 members (excludes halogenated alkanes) is 33. The van der Waals surface area contributed by atoms with E-state index < -0.39 is 20.0 Å². The Morgan fingerprint density at radius 2 is 0.890 bits per heavy atom. The Balaban J connectivity index is 5.30. The van der Waals surface area contributed by atoms with Crippen LogP contribution in [-0.2, 0) is 27.9 Å². The van der Waals surface area contributed by atoms with Gasteiger partial charge in [0, 0.05) is 12.8 Å². The molecule has 0 aromatic heterocycles. The van der Waals surface area contributed by atoms with Crippen molar-refractivity contribution in [3.05, 3.63) is 60.8 Å². The molecule has 0 saturated carbocycles. The minimum absolute atomic E-state index is 0.0364. The van der Waals surface area contributed by atoms with Crippen molar-refractivity contribution in [2.75, 3.05) is 40.9 Å². The largest absolute Gasteiger partial charge is 0.472 e. The fourth-order valence-corrected chi connectivity index (χ4v) is 9.49. The number of carbonyl (C=O) groups is 2. The molecule has 426 valence electrons. The van der Waals surface area contributed by atoms with E-state index in [9.17, 15) is 19.0 Å². The fraction of sp³-hybridized carbons (Fsp3) is 0.810. The molecule has 0 saturated heterocycles. The van der Waals surface area contributed by atoms with Crippen LogP contribution in [0.3, 0.4) is 0 Å². The molecule has 2 N–H and O–H groups in total. The van der Waals surface area contributed by atoms with Gasteiger partial charge in [-0.05, 0) is 76.7 Å². The van der Waals surface area contributed by atoms with E-state index in [0.29, 0.717) is 17.4 Å². The van der Waals surface area contributed by atoms with Gasteiger partial charge in [0.2, 0.25) is 5.91 Å². The fourth-order valence-electron chi connectivity index (χ4n) is 8.76. The summed E-state index contributed by atoms with van der Waals surface area (Å²) in [4.78, 5) is 37.7. The Morgan fingerprint density at radius 3 is 1.34 bits per heavy atom. The summed E-state index contributed by atoms with van der Waals surface area (Å²) in [5, 5.41) is 3.05.